The van der Waals surface area contributed by atoms with E-state index in [1.807, 2.05) is 27.7 Å². The van der Waals surface area contributed by atoms with E-state index in [0.29, 0.717) is 12.8 Å². The Bertz CT molecular complexity index is 175. The quantitative estimate of drug-likeness (QED) is 0.693. The van der Waals surface area contributed by atoms with Crippen molar-refractivity contribution in [3.05, 3.63) is 0 Å². The molecule has 0 aromatic carbocycles. The van der Waals surface area contributed by atoms with Crippen molar-refractivity contribution in [2.45, 2.75) is 40.5 Å². The van der Waals surface area contributed by atoms with Crippen molar-refractivity contribution in [3.8, 4) is 0 Å². The summed E-state index contributed by atoms with van der Waals surface area (Å²) in [5.74, 6) is -0.295. The zero-order valence-corrected chi connectivity index (χ0v) is 9.58. The molecule has 0 aliphatic rings. The van der Waals surface area contributed by atoms with Gasteiger partial charge in [-0.2, -0.15) is 0 Å². The topological polar surface area (TPSA) is 57.5 Å². The van der Waals surface area contributed by atoms with Gasteiger partial charge in [-0.05, 0) is 24.7 Å². The van der Waals surface area contributed by atoms with E-state index < -0.39 is 11.4 Å². The van der Waals surface area contributed by atoms with Crippen LogP contribution in [0.5, 0.6) is 0 Å². The predicted molar refractivity (Wildman–Crippen MR) is 56.1 cm³/mol. The van der Waals surface area contributed by atoms with Crippen molar-refractivity contribution in [2.75, 3.05) is 6.61 Å². The summed E-state index contributed by atoms with van der Waals surface area (Å²) in [6, 6.07) is 0. The lowest BCUT2D eigenvalue weighted by Crippen LogP contribution is -2.37. The van der Waals surface area contributed by atoms with Crippen LogP contribution < -0.4 is 0 Å². The molecule has 0 aliphatic heterocycles. The average Bonchev–Trinajstić information content (AvgIpc) is 2.00. The summed E-state index contributed by atoms with van der Waals surface area (Å²) in [5.41, 5.74) is -0.942. The molecule has 0 aromatic heterocycles. The van der Waals surface area contributed by atoms with Gasteiger partial charge in [0.1, 0.15) is 0 Å². The van der Waals surface area contributed by atoms with E-state index in [0.717, 1.165) is 0 Å². The average molecular weight is 202 g/mol. The normalized spacial score (nSPS) is 12.5. The van der Waals surface area contributed by atoms with Crippen molar-refractivity contribution >= 4 is 5.97 Å². The van der Waals surface area contributed by atoms with Crippen LogP contribution in [0.4, 0.5) is 0 Å². The first-order chi connectivity index (χ1) is 6.34. The highest BCUT2D eigenvalue weighted by Crippen LogP contribution is 2.33. The maximum atomic E-state index is 11.2. The molecule has 0 saturated heterocycles. The van der Waals surface area contributed by atoms with Crippen LogP contribution in [0.25, 0.3) is 0 Å². The maximum Gasteiger partial charge on any atom is 0.311 e. The minimum atomic E-state index is -0.942. The number of carbonyl (C=O) groups is 1. The number of carboxylic acids is 1. The van der Waals surface area contributed by atoms with Crippen LogP contribution >= 0.6 is 0 Å². The Morgan fingerprint density at radius 2 is 1.50 bits per heavy atom. The van der Waals surface area contributed by atoms with Crippen molar-refractivity contribution in [1.82, 2.24) is 0 Å². The smallest absolute Gasteiger partial charge is 0.311 e. The van der Waals surface area contributed by atoms with E-state index >= 15 is 0 Å². The lowest BCUT2D eigenvalue weighted by Gasteiger charge is -2.30. The van der Waals surface area contributed by atoms with Crippen LogP contribution in [-0.2, 0) is 4.79 Å². The molecule has 0 saturated carbocycles. The van der Waals surface area contributed by atoms with E-state index in [2.05, 4.69) is 0 Å². The molecule has 0 unspecified atom stereocenters. The second-order valence-corrected chi connectivity index (χ2v) is 4.94. The van der Waals surface area contributed by atoms with Gasteiger partial charge in [-0.1, -0.05) is 27.7 Å². The van der Waals surface area contributed by atoms with Crippen LogP contribution in [-0.4, -0.2) is 22.8 Å². The monoisotopic (exact) mass is 202 g/mol. The van der Waals surface area contributed by atoms with Gasteiger partial charge in [0, 0.05) is 0 Å². The second kappa shape index (κ2) is 5.35. The van der Waals surface area contributed by atoms with Crippen LogP contribution in [0.2, 0.25) is 0 Å². The Morgan fingerprint density at radius 1 is 1.14 bits per heavy atom. The summed E-state index contributed by atoms with van der Waals surface area (Å²) >= 11 is 0. The third-order valence-corrected chi connectivity index (χ3v) is 2.35. The molecule has 0 spiro atoms. The fraction of sp³-hybridized carbons (Fsp3) is 0.909. The number of hydrogen-bond donors (Lipinski definition) is 2. The van der Waals surface area contributed by atoms with Gasteiger partial charge in [0.15, 0.2) is 0 Å². The van der Waals surface area contributed by atoms with Crippen molar-refractivity contribution in [1.29, 1.82) is 0 Å². The minimum absolute atomic E-state index is 0.265. The molecule has 84 valence electrons. The maximum absolute atomic E-state index is 11.2. The second-order valence-electron chi connectivity index (χ2n) is 4.94. The van der Waals surface area contributed by atoms with E-state index in [9.17, 15) is 9.90 Å². The molecule has 0 heterocycles. The fourth-order valence-electron chi connectivity index (χ4n) is 2.02. The molecule has 14 heavy (non-hydrogen) atoms. The number of aliphatic hydroxyl groups excluding tert-OH is 1. The SMILES string of the molecule is CC(C)CC(CO)(CC(C)C)C(=O)O. The summed E-state index contributed by atoms with van der Waals surface area (Å²) in [6.45, 7) is 7.65. The zero-order chi connectivity index (χ0) is 11.4. The molecule has 0 amide bonds. The summed E-state index contributed by atoms with van der Waals surface area (Å²) in [6.07, 6.45) is 1.08. The van der Waals surface area contributed by atoms with Gasteiger partial charge in [-0.25, -0.2) is 0 Å². The molecule has 0 aromatic rings. The van der Waals surface area contributed by atoms with Gasteiger partial charge in [0.25, 0.3) is 0 Å². The van der Waals surface area contributed by atoms with Crippen molar-refractivity contribution < 1.29 is 15.0 Å². The highest BCUT2D eigenvalue weighted by molar-refractivity contribution is 5.74. The van der Waals surface area contributed by atoms with E-state index in [4.69, 9.17) is 5.11 Å². The number of hydrogen-bond acceptors (Lipinski definition) is 2. The Kier molecular flexibility index (Phi) is 5.13. The molecule has 0 aliphatic carbocycles. The van der Waals surface area contributed by atoms with Gasteiger partial charge in [0.2, 0.25) is 0 Å². The van der Waals surface area contributed by atoms with Crippen LogP contribution in [0.1, 0.15) is 40.5 Å². The molecular formula is C11H22O3. The summed E-state index contributed by atoms with van der Waals surface area (Å²) in [4.78, 5) is 11.2. The first-order valence-electron chi connectivity index (χ1n) is 5.18. The van der Waals surface area contributed by atoms with Gasteiger partial charge in [0.05, 0.1) is 12.0 Å². The third kappa shape index (κ3) is 3.66. The molecule has 0 radical (unpaired) electrons. The van der Waals surface area contributed by atoms with E-state index in [-0.39, 0.29) is 18.4 Å². The number of aliphatic hydroxyl groups is 1. The van der Waals surface area contributed by atoms with Crippen LogP contribution in [0, 0.1) is 17.3 Å². The fourth-order valence-corrected chi connectivity index (χ4v) is 2.02. The van der Waals surface area contributed by atoms with Gasteiger partial charge < -0.3 is 10.2 Å². The van der Waals surface area contributed by atoms with Crippen molar-refractivity contribution in [2.24, 2.45) is 17.3 Å². The Hall–Kier alpha value is -0.570. The van der Waals surface area contributed by atoms with Gasteiger partial charge in [-0.15, -0.1) is 0 Å². The van der Waals surface area contributed by atoms with E-state index in [1.165, 1.54) is 0 Å². The summed E-state index contributed by atoms with van der Waals surface area (Å²) in [5, 5.41) is 18.4. The Labute approximate surface area is 86.1 Å². The molecule has 0 fully saturated rings. The largest absolute Gasteiger partial charge is 0.481 e. The number of rotatable bonds is 6. The number of carboxylic acid groups (broad SMARTS) is 1. The molecule has 0 bridgehead atoms. The number of aliphatic carboxylic acids is 1. The zero-order valence-electron chi connectivity index (χ0n) is 9.58. The molecule has 3 nitrogen and oxygen atoms in total. The van der Waals surface area contributed by atoms with Crippen molar-refractivity contribution in [3.63, 3.8) is 0 Å². The van der Waals surface area contributed by atoms with Gasteiger partial charge in [-0.3, -0.25) is 4.79 Å². The molecular weight excluding hydrogens is 180 g/mol. The molecule has 0 atom stereocenters. The molecule has 3 heteroatoms. The Balaban J connectivity index is 4.69. The lowest BCUT2D eigenvalue weighted by atomic mass is 9.75. The molecule has 0 rings (SSSR count). The summed E-state index contributed by atoms with van der Waals surface area (Å²) in [7, 11) is 0. The lowest BCUT2D eigenvalue weighted by molar-refractivity contribution is -0.154. The van der Waals surface area contributed by atoms with Crippen LogP contribution in [0.15, 0.2) is 0 Å². The van der Waals surface area contributed by atoms with Crippen LogP contribution in [0.3, 0.4) is 0 Å². The van der Waals surface area contributed by atoms with Gasteiger partial charge >= 0.3 is 5.97 Å². The highest BCUT2D eigenvalue weighted by Gasteiger charge is 2.38. The minimum Gasteiger partial charge on any atom is -0.481 e. The standard InChI is InChI=1S/C11H22O3/c1-8(2)5-11(7-12,10(13)14)6-9(3)4/h8-9,12H,5-7H2,1-4H3,(H,13,14). The Morgan fingerprint density at radius 3 is 1.64 bits per heavy atom. The summed E-state index contributed by atoms with van der Waals surface area (Å²) < 4.78 is 0. The van der Waals surface area contributed by atoms with E-state index in [1.54, 1.807) is 0 Å². The third-order valence-electron chi connectivity index (χ3n) is 2.35. The molecule has 2 N–H and O–H groups in total. The first-order valence-corrected chi connectivity index (χ1v) is 5.18. The highest BCUT2D eigenvalue weighted by atomic mass is 16.4. The first kappa shape index (κ1) is 13.4. The predicted octanol–water partition coefficient (Wildman–Crippen LogP) is 2.14.